The van der Waals surface area contributed by atoms with Crippen molar-refractivity contribution in [3.8, 4) is 11.5 Å². The minimum absolute atomic E-state index is 0.125. The summed E-state index contributed by atoms with van der Waals surface area (Å²) < 4.78 is 6.60. The number of carbonyl (C=O) groups is 1. The zero-order valence-electron chi connectivity index (χ0n) is 13.9. The van der Waals surface area contributed by atoms with Gasteiger partial charge in [-0.15, -0.1) is 0 Å². The molecule has 6 heteroatoms. The number of phenolic OH excluding ortho intramolecular Hbond substituents is 1. The van der Waals surface area contributed by atoms with Crippen molar-refractivity contribution in [2.45, 2.75) is 6.42 Å². The third-order valence-electron chi connectivity index (χ3n) is 4.23. The van der Waals surface area contributed by atoms with Crippen LogP contribution in [0.15, 0.2) is 53.0 Å². The predicted octanol–water partition coefficient (Wildman–Crippen LogP) is 3.27. The number of hydrogen-bond acceptors (Lipinski definition) is 4. The van der Waals surface area contributed by atoms with Gasteiger partial charge in [0.2, 0.25) is 5.91 Å². The number of halogens is 1. The van der Waals surface area contributed by atoms with Crippen LogP contribution in [0.25, 0.3) is 0 Å². The molecular weight excluding hydrogens is 384 g/mol. The SMILES string of the molecule is O=C(CCOc1cccc(Br)c1)N1CCN(c2ccc(O)cc2)CC1. The molecule has 0 unspecified atom stereocenters. The molecule has 132 valence electrons. The number of phenols is 1. The van der Waals surface area contributed by atoms with Crippen LogP contribution < -0.4 is 9.64 Å². The highest BCUT2D eigenvalue weighted by molar-refractivity contribution is 9.10. The third kappa shape index (κ3) is 4.89. The normalized spacial score (nSPS) is 14.4. The maximum Gasteiger partial charge on any atom is 0.226 e. The van der Waals surface area contributed by atoms with Crippen molar-refractivity contribution in [3.63, 3.8) is 0 Å². The summed E-state index contributed by atoms with van der Waals surface area (Å²) in [6.45, 7) is 3.38. The summed E-state index contributed by atoms with van der Waals surface area (Å²) in [6.07, 6.45) is 0.381. The zero-order valence-corrected chi connectivity index (χ0v) is 15.5. The van der Waals surface area contributed by atoms with Crippen LogP contribution in [0.3, 0.4) is 0 Å². The number of amides is 1. The number of aromatic hydroxyl groups is 1. The van der Waals surface area contributed by atoms with Crippen LogP contribution in [0.4, 0.5) is 5.69 Å². The number of carbonyl (C=O) groups excluding carboxylic acids is 1. The molecule has 1 amide bonds. The maximum absolute atomic E-state index is 12.3. The minimum Gasteiger partial charge on any atom is -0.508 e. The molecule has 5 nitrogen and oxygen atoms in total. The number of anilines is 1. The van der Waals surface area contributed by atoms with Gasteiger partial charge in [-0.25, -0.2) is 0 Å². The van der Waals surface area contributed by atoms with Crippen LogP contribution in [0.2, 0.25) is 0 Å². The average molecular weight is 405 g/mol. The van der Waals surface area contributed by atoms with Gasteiger partial charge in [0.05, 0.1) is 13.0 Å². The van der Waals surface area contributed by atoms with Crippen molar-refractivity contribution in [2.75, 3.05) is 37.7 Å². The molecule has 0 saturated carbocycles. The Morgan fingerprint density at radius 1 is 1.08 bits per heavy atom. The second-order valence-electron chi connectivity index (χ2n) is 5.94. The largest absolute Gasteiger partial charge is 0.508 e. The van der Waals surface area contributed by atoms with Crippen molar-refractivity contribution >= 4 is 27.5 Å². The quantitative estimate of drug-likeness (QED) is 0.830. The number of ether oxygens (including phenoxy) is 1. The van der Waals surface area contributed by atoms with Crippen molar-refractivity contribution < 1.29 is 14.6 Å². The molecule has 3 rings (SSSR count). The first-order valence-electron chi connectivity index (χ1n) is 8.32. The summed E-state index contributed by atoms with van der Waals surface area (Å²) in [6, 6.07) is 14.8. The Bertz CT molecular complexity index is 713. The van der Waals surface area contributed by atoms with E-state index in [2.05, 4.69) is 20.8 Å². The molecule has 0 radical (unpaired) electrons. The van der Waals surface area contributed by atoms with Gasteiger partial charge in [0.15, 0.2) is 0 Å². The zero-order chi connectivity index (χ0) is 17.6. The molecule has 1 aliphatic heterocycles. The van der Waals surface area contributed by atoms with Gasteiger partial charge < -0.3 is 19.6 Å². The number of nitrogens with zero attached hydrogens (tertiary/aromatic N) is 2. The summed E-state index contributed by atoms with van der Waals surface area (Å²) in [4.78, 5) is 16.4. The van der Waals surface area contributed by atoms with E-state index < -0.39 is 0 Å². The van der Waals surface area contributed by atoms with Crippen LogP contribution in [0, 0.1) is 0 Å². The van der Waals surface area contributed by atoms with E-state index in [0.717, 1.165) is 29.0 Å². The van der Waals surface area contributed by atoms with Gasteiger partial charge in [-0.1, -0.05) is 22.0 Å². The lowest BCUT2D eigenvalue weighted by Gasteiger charge is -2.36. The lowest BCUT2D eigenvalue weighted by molar-refractivity contribution is -0.132. The number of rotatable bonds is 5. The summed E-state index contributed by atoms with van der Waals surface area (Å²) in [5, 5.41) is 9.36. The van der Waals surface area contributed by atoms with Crippen LogP contribution >= 0.6 is 15.9 Å². The van der Waals surface area contributed by atoms with Gasteiger partial charge in [-0.2, -0.15) is 0 Å². The third-order valence-corrected chi connectivity index (χ3v) is 4.72. The second kappa shape index (κ2) is 8.25. The fraction of sp³-hybridized carbons (Fsp3) is 0.316. The average Bonchev–Trinajstić information content (AvgIpc) is 2.62. The fourth-order valence-corrected chi connectivity index (χ4v) is 3.23. The van der Waals surface area contributed by atoms with Crippen LogP contribution in [0.1, 0.15) is 6.42 Å². The molecule has 1 fully saturated rings. The van der Waals surface area contributed by atoms with E-state index in [0.29, 0.717) is 26.1 Å². The van der Waals surface area contributed by atoms with E-state index in [9.17, 15) is 9.90 Å². The molecule has 25 heavy (non-hydrogen) atoms. The number of piperazine rings is 1. The highest BCUT2D eigenvalue weighted by Gasteiger charge is 2.21. The molecule has 2 aromatic rings. The lowest BCUT2D eigenvalue weighted by Crippen LogP contribution is -2.49. The topological polar surface area (TPSA) is 53.0 Å². The number of hydrogen-bond donors (Lipinski definition) is 1. The number of benzene rings is 2. The van der Waals surface area contributed by atoms with E-state index >= 15 is 0 Å². The molecule has 1 heterocycles. The summed E-state index contributed by atoms with van der Waals surface area (Å²) in [5.41, 5.74) is 1.07. The Hall–Kier alpha value is -2.21. The monoisotopic (exact) mass is 404 g/mol. The van der Waals surface area contributed by atoms with Crippen molar-refractivity contribution in [2.24, 2.45) is 0 Å². The predicted molar refractivity (Wildman–Crippen MR) is 101 cm³/mol. The molecule has 0 atom stereocenters. The molecule has 0 spiro atoms. The molecule has 1 saturated heterocycles. The van der Waals surface area contributed by atoms with Gasteiger partial charge in [0.25, 0.3) is 0 Å². The fourth-order valence-electron chi connectivity index (χ4n) is 2.85. The Morgan fingerprint density at radius 3 is 2.48 bits per heavy atom. The van der Waals surface area contributed by atoms with E-state index in [-0.39, 0.29) is 11.7 Å². The Balaban J connectivity index is 1.43. The van der Waals surface area contributed by atoms with Crippen LogP contribution in [0.5, 0.6) is 11.5 Å². The van der Waals surface area contributed by atoms with E-state index in [1.165, 1.54) is 0 Å². The van der Waals surface area contributed by atoms with Crippen molar-refractivity contribution in [3.05, 3.63) is 53.0 Å². The summed E-state index contributed by atoms with van der Waals surface area (Å²) >= 11 is 3.40. The first kappa shape index (κ1) is 17.6. The highest BCUT2D eigenvalue weighted by Crippen LogP contribution is 2.20. The standard InChI is InChI=1S/C19H21BrN2O3/c20-15-2-1-3-18(14-15)25-13-8-19(24)22-11-9-21(10-12-22)16-4-6-17(23)7-5-16/h1-7,14,23H,8-13H2. The molecule has 1 N–H and O–H groups in total. The van der Waals surface area contributed by atoms with Gasteiger partial charge in [-0.05, 0) is 42.5 Å². The first-order valence-corrected chi connectivity index (χ1v) is 9.11. The molecule has 0 bridgehead atoms. The van der Waals surface area contributed by atoms with E-state index in [4.69, 9.17) is 4.74 Å². The van der Waals surface area contributed by atoms with Gasteiger partial charge in [0.1, 0.15) is 11.5 Å². The molecular formula is C19H21BrN2O3. The van der Waals surface area contributed by atoms with E-state index in [1.807, 2.05) is 41.3 Å². The minimum atomic E-state index is 0.125. The van der Waals surface area contributed by atoms with Gasteiger partial charge in [-0.3, -0.25) is 4.79 Å². The maximum atomic E-state index is 12.3. The molecule has 2 aromatic carbocycles. The first-order chi connectivity index (χ1) is 12.1. The second-order valence-corrected chi connectivity index (χ2v) is 6.86. The smallest absolute Gasteiger partial charge is 0.226 e. The van der Waals surface area contributed by atoms with Crippen molar-refractivity contribution in [1.29, 1.82) is 0 Å². The molecule has 0 aromatic heterocycles. The Kier molecular flexibility index (Phi) is 5.81. The Morgan fingerprint density at radius 2 is 1.80 bits per heavy atom. The van der Waals surface area contributed by atoms with E-state index in [1.54, 1.807) is 12.1 Å². The van der Waals surface area contributed by atoms with Crippen LogP contribution in [-0.2, 0) is 4.79 Å². The van der Waals surface area contributed by atoms with Crippen LogP contribution in [-0.4, -0.2) is 48.7 Å². The summed E-state index contributed by atoms with van der Waals surface area (Å²) in [5.74, 6) is 1.16. The highest BCUT2D eigenvalue weighted by atomic mass is 79.9. The van der Waals surface area contributed by atoms with Gasteiger partial charge in [0, 0.05) is 36.3 Å². The van der Waals surface area contributed by atoms with Crippen molar-refractivity contribution in [1.82, 2.24) is 4.90 Å². The molecule has 0 aliphatic carbocycles. The summed E-state index contributed by atoms with van der Waals surface area (Å²) in [7, 11) is 0. The molecule has 1 aliphatic rings. The van der Waals surface area contributed by atoms with Gasteiger partial charge >= 0.3 is 0 Å². The lowest BCUT2D eigenvalue weighted by atomic mass is 10.2. The Labute approximate surface area is 155 Å².